The topological polar surface area (TPSA) is 72.5 Å². The van der Waals surface area contributed by atoms with Crippen LogP contribution >= 0.6 is 0 Å². The quantitative estimate of drug-likeness (QED) is 0.435. The Balaban J connectivity index is 1.50. The van der Waals surface area contributed by atoms with E-state index in [0.29, 0.717) is 12.1 Å². The van der Waals surface area contributed by atoms with Gasteiger partial charge in [0.25, 0.3) is 0 Å². The van der Waals surface area contributed by atoms with E-state index in [1.165, 1.54) is 25.7 Å². The number of pyridine rings is 1. The standard InChI is InChI=1S/C16H26N4O/c17-16(20-12-9-14-6-3-4-10-18-14)19-11-5-13-21-15-7-1-2-8-15/h3-4,6,10,15H,1-2,5,7-9,11-13H2,(H3,17,19,20). The van der Waals surface area contributed by atoms with Crippen LogP contribution in [0.15, 0.2) is 29.4 Å². The van der Waals surface area contributed by atoms with Crippen LogP contribution in [-0.2, 0) is 11.2 Å². The van der Waals surface area contributed by atoms with E-state index in [1.807, 2.05) is 18.2 Å². The zero-order valence-electron chi connectivity index (χ0n) is 12.6. The second kappa shape index (κ2) is 9.34. The number of rotatable bonds is 8. The second-order valence-corrected chi connectivity index (χ2v) is 5.40. The summed E-state index contributed by atoms with van der Waals surface area (Å²) in [4.78, 5) is 8.56. The first-order valence-electron chi connectivity index (χ1n) is 7.90. The van der Waals surface area contributed by atoms with E-state index < -0.39 is 0 Å². The average Bonchev–Trinajstić information content (AvgIpc) is 3.01. The van der Waals surface area contributed by atoms with Crippen LogP contribution in [0.4, 0.5) is 0 Å². The monoisotopic (exact) mass is 290 g/mol. The van der Waals surface area contributed by atoms with E-state index >= 15 is 0 Å². The number of hydrogen-bond acceptors (Lipinski definition) is 3. The molecule has 1 aromatic heterocycles. The Hall–Kier alpha value is -1.62. The highest BCUT2D eigenvalue weighted by molar-refractivity contribution is 5.77. The van der Waals surface area contributed by atoms with Gasteiger partial charge in [-0.1, -0.05) is 18.9 Å². The van der Waals surface area contributed by atoms with Crippen LogP contribution in [0.5, 0.6) is 0 Å². The summed E-state index contributed by atoms with van der Waals surface area (Å²) >= 11 is 0. The molecule has 1 saturated carbocycles. The molecule has 1 heterocycles. The Labute approximate surface area is 127 Å². The van der Waals surface area contributed by atoms with Crippen molar-refractivity contribution < 1.29 is 4.74 Å². The van der Waals surface area contributed by atoms with Gasteiger partial charge in [0.1, 0.15) is 0 Å². The molecule has 0 atom stereocenters. The van der Waals surface area contributed by atoms with Gasteiger partial charge < -0.3 is 15.8 Å². The Kier molecular flexibility index (Phi) is 7.01. The van der Waals surface area contributed by atoms with E-state index in [1.54, 1.807) is 6.20 Å². The van der Waals surface area contributed by atoms with Gasteiger partial charge in [0.15, 0.2) is 5.96 Å². The summed E-state index contributed by atoms with van der Waals surface area (Å²) in [6.07, 6.45) is 9.15. The van der Waals surface area contributed by atoms with Gasteiger partial charge in [-0.15, -0.1) is 0 Å². The van der Waals surface area contributed by atoms with Crippen molar-refractivity contribution in [2.24, 2.45) is 10.7 Å². The number of nitrogens with one attached hydrogen (secondary N) is 1. The maximum Gasteiger partial charge on any atom is 0.188 e. The summed E-state index contributed by atoms with van der Waals surface area (Å²) in [6, 6.07) is 5.92. The Morgan fingerprint density at radius 1 is 1.38 bits per heavy atom. The molecule has 0 aromatic carbocycles. The van der Waals surface area contributed by atoms with Crippen LogP contribution in [0, 0.1) is 0 Å². The number of hydrogen-bond donors (Lipinski definition) is 2. The van der Waals surface area contributed by atoms with Gasteiger partial charge >= 0.3 is 0 Å². The molecule has 0 bridgehead atoms. The fourth-order valence-electron chi connectivity index (χ4n) is 2.49. The lowest BCUT2D eigenvalue weighted by Crippen LogP contribution is -2.33. The van der Waals surface area contributed by atoms with E-state index in [-0.39, 0.29) is 0 Å². The Morgan fingerprint density at radius 3 is 3.00 bits per heavy atom. The SMILES string of the molecule is NC(=NCCCOC1CCCC1)NCCc1ccccn1. The van der Waals surface area contributed by atoms with Crippen molar-refractivity contribution in [2.75, 3.05) is 19.7 Å². The predicted octanol–water partition coefficient (Wildman–Crippen LogP) is 1.88. The zero-order chi connectivity index (χ0) is 14.8. The summed E-state index contributed by atoms with van der Waals surface area (Å²) in [5, 5.41) is 3.11. The maximum absolute atomic E-state index is 5.82. The van der Waals surface area contributed by atoms with Crippen LogP contribution in [0.3, 0.4) is 0 Å². The van der Waals surface area contributed by atoms with E-state index in [9.17, 15) is 0 Å². The predicted molar refractivity (Wildman–Crippen MR) is 85.3 cm³/mol. The van der Waals surface area contributed by atoms with Crippen molar-refractivity contribution in [3.8, 4) is 0 Å². The molecule has 0 aliphatic heterocycles. The average molecular weight is 290 g/mol. The first-order valence-corrected chi connectivity index (χ1v) is 7.90. The minimum absolute atomic E-state index is 0.489. The Morgan fingerprint density at radius 2 is 2.24 bits per heavy atom. The van der Waals surface area contributed by atoms with Gasteiger partial charge in [-0.05, 0) is 31.4 Å². The van der Waals surface area contributed by atoms with Gasteiger partial charge in [0.2, 0.25) is 0 Å². The second-order valence-electron chi connectivity index (χ2n) is 5.40. The molecule has 0 unspecified atom stereocenters. The molecule has 0 saturated heterocycles. The smallest absolute Gasteiger partial charge is 0.188 e. The van der Waals surface area contributed by atoms with Gasteiger partial charge in [-0.3, -0.25) is 9.98 Å². The highest BCUT2D eigenvalue weighted by atomic mass is 16.5. The summed E-state index contributed by atoms with van der Waals surface area (Å²) < 4.78 is 5.78. The molecular formula is C16H26N4O. The highest BCUT2D eigenvalue weighted by Gasteiger charge is 2.14. The largest absolute Gasteiger partial charge is 0.378 e. The molecule has 1 aliphatic carbocycles. The molecule has 21 heavy (non-hydrogen) atoms. The van der Waals surface area contributed by atoms with Crippen molar-refractivity contribution in [3.05, 3.63) is 30.1 Å². The van der Waals surface area contributed by atoms with Gasteiger partial charge in [0.05, 0.1) is 6.10 Å². The Bertz CT molecular complexity index is 416. The van der Waals surface area contributed by atoms with E-state index in [0.717, 1.165) is 38.2 Å². The maximum atomic E-state index is 5.82. The normalized spacial score (nSPS) is 16.3. The van der Waals surface area contributed by atoms with Gasteiger partial charge in [-0.25, -0.2) is 0 Å². The van der Waals surface area contributed by atoms with Crippen LogP contribution in [0.25, 0.3) is 0 Å². The number of aromatic nitrogens is 1. The minimum Gasteiger partial charge on any atom is -0.378 e. The summed E-state index contributed by atoms with van der Waals surface area (Å²) in [5.74, 6) is 0.506. The van der Waals surface area contributed by atoms with Crippen molar-refractivity contribution in [1.29, 1.82) is 0 Å². The fraction of sp³-hybridized carbons (Fsp3) is 0.625. The fourth-order valence-corrected chi connectivity index (χ4v) is 2.49. The number of nitrogens with two attached hydrogens (primary N) is 1. The van der Waals surface area contributed by atoms with Crippen molar-refractivity contribution in [3.63, 3.8) is 0 Å². The first-order chi connectivity index (χ1) is 10.3. The van der Waals surface area contributed by atoms with Crippen molar-refractivity contribution in [2.45, 2.75) is 44.6 Å². The third kappa shape index (κ3) is 6.58. The molecule has 3 N–H and O–H groups in total. The molecule has 2 rings (SSSR count). The molecule has 0 radical (unpaired) electrons. The lowest BCUT2D eigenvalue weighted by atomic mass is 10.3. The van der Waals surface area contributed by atoms with Crippen molar-refractivity contribution in [1.82, 2.24) is 10.3 Å². The van der Waals surface area contributed by atoms with E-state index in [2.05, 4.69) is 15.3 Å². The lowest BCUT2D eigenvalue weighted by Gasteiger charge is -2.10. The molecule has 0 amide bonds. The van der Waals surface area contributed by atoms with E-state index in [4.69, 9.17) is 10.5 Å². The molecule has 1 fully saturated rings. The lowest BCUT2D eigenvalue weighted by molar-refractivity contribution is 0.0579. The van der Waals surface area contributed by atoms with Gasteiger partial charge in [0, 0.05) is 38.0 Å². The zero-order valence-corrected chi connectivity index (χ0v) is 12.6. The van der Waals surface area contributed by atoms with Crippen LogP contribution in [0.2, 0.25) is 0 Å². The van der Waals surface area contributed by atoms with Crippen LogP contribution in [0.1, 0.15) is 37.8 Å². The summed E-state index contributed by atoms with van der Waals surface area (Å²) in [6.45, 7) is 2.26. The molecule has 5 nitrogen and oxygen atoms in total. The van der Waals surface area contributed by atoms with Crippen molar-refractivity contribution >= 4 is 5.96 Å². The first kappa shape index (κ1) is 15.8. The molecular weight excluding hydrogens is 264 g/mol. The number of ether oxygens (including phenoxy) is 1. The summed E-state index contributed by atoms with van der Waals surface area (Å²) in [7, 11) is 0. The number of guanidine groups is 1. The molecule has 116 valence electrons. The third-order valence-electron chi connectivity index (χ3n) is 3.65. The minimum atomic E-state index is 0.489. The van der Waals surface area contributed by atoms with Crippen LogP contribution < -0.4 is 11.1 Å². The van der Waals surface area contributed by atoms with Gasteiger partial charge in [-0.2, -0.15) is 0 Å². The highest BCUT2D eigenvalue weighted by Crippen LogP contribution is 2.20. The molecule has 5 heteroatoms. The molecule has 0 spiro atoms. The number of nitrogens with zero attached hydrogens (tertiary/aromatic N) is 2. The molecule has 1 aromatic rings. The summed E-state index contributed by atoms with van der Waals surface area (Å²) in [5.41, 5.74) is 6.88. The number of aliphatic imine (C=N–C) groups is 1. The third-order valence-corrected chi connectivity index (χ3v) is 3.65. The molecule has 1 aliphatic rings. The van der Waals surface area contributed by atoms with Crippen LogP contribution in [-0.4, -0.2) is 36.7 Å².